The van der Waals surface area contributed by atoms with Crippen LogP contribution in [0.1, 0.15) is 16.1 Å². The molecule has 0 aliphatic carbocycles. The maximum atomic E-state index is 11.7. The average molecular weight is 260 g/mol. The molecule has 0 spiro atoms. The van der Waals surface area contributed by atoms with Gasteiger partial charge in [0, 0.05) is 24.6 Å². The number of benzene rings is 1. The third kappa shape index (κ3) is 3.04. The molecule has 0 bridgehead atoms. The van der Waals surface area contributed by atoms with E-state index < -0.39 is 5.97 Å². The van der Waals surface area contributed by atoms with E-state index in [2.05, 4.69) is 10.4 Å². The largest absolute Gasteiger partial charge is 0.465 e. The third-order valence-electron chi connectivity index (χ3n) is 2.68. The van der Waals surface area contributed by atoms with Crippen molar-refractivity contribution in [3.63, 3.8) is 0 Å². The Morgan fingerprint density at radius 3 is 2.89 bits per heavy atom. The fourth-order valence-electron chi connectivity index (χ4n) is 1.74. The van der Waals surface area contributed by atoms with Crippen LogP contribution in [0.5, 0.6) is 0 Å². The molecule has 2 aromatic rings. The van der Waals surface area contributed by atoms with Crippen molar-refractivity contribution >= 4 is 17.3 Å². The van der Waals surface area contributed by atoms with Gasteiger partial charge in [-0.2, -0.15) is 5.10 Å². The highest BCUT2D eigenvalue weighted by atomic mass is 16.5. The lowest BCUT2D eigenvalue weighted by Crippen LogP contribution is -2.09. The van der Waals surface area contributed by atoms with Crippen LogP contribution in [0.25, 0.3) is 0 Å². The van der Waals surface area contributed by atoms with Gasteiger partial charge < -0.3 is 15.8 Å². The number of nitrogens with zero attached hydrogens (tertiary/aromatic N) is 2. The first-order valence-electron chi connectivity index (χ1n) is 5.80. The second-order valence-corrected chi connectivity index (χ2v) is 4.13. The maximum Gasteiger partial charge on any atom is 0.340 e. The minimum absolute atomic E-state index is 0.415. The molecule has 0 aliphatic heterocycles. The van der Waals surface area contributed by atoms with Gasteiger partial charge in [0.15, 0.2) is 0 Å². The number of hydrogen-bond donors (Lipinski definition) is 2. The zero-order chi connectivity index (χ0) is 13.8. The summed E-state index contributed by atoms with van der Waals surface area (Å²) in [6.45, 7) is 0.523. The van der Waals surface area contributed by atoms with E-state index in [1.165, 1.54) is 7.11 Å². The van der Waals surface area contributed by atoms with Crippen LogP contribution in [0.15, 0.2) is 30.5 Å². The van der Waals surface area contributed by atoms with Gasteiger partial charge >= 0.3 is 5.97 Å². The highest BCUT2D eigenvalue weighted by Gasteiger charge is 2.12. The first-order valence-corrected chi connectivity index (χ1v) is 5.80. The van der Waals surface area contributed by atoms with Crippen LogP contribution in [0.2, 0.25) is 0 Å². The van der Waals surface area contributed by atoms with E-state index in [1.807, 2.05) is 19.3 Å². The standard InChI is InChI=1S/C13H16N4O2/c1-17-6-5-10(16-17)8-15-12-4-3-9(14)7-11(12)13(18)19-2/h3-7,15H,8,14H2,1-2H3. The summed E-state index contributed by atoms with van der Waals surface area (Å²) >= 11 is 0. The number of hydrogen-bond acceptors (Lipinski definition) is 5. The van der Waals surface area contributed by atoms with Crippen molar-refractivity contribution in [1.82, 2.24) is 9.78 Å². The first kappa shape index (κ1) is 12.9. The van der Waals surface area contributed by atoms with Crippen LogP contribution in [-0.2, 0) is 18.3 Å². The van der Waals surface area contributed by atoms with Gasteiger partial charge in [-0.1, -0.05) is 0 Å². The normalized spacial score (nSPS) is 10.2. The number of nitrogen functional groups attached to an aromatic ring is 1. The number of aromatic nitrogens is 2. The summed E-state index contributed by atoms with van der Waals surface area (Å²) in [6.07, 6.45) is 1.86. The smallest absolute Gasteiger partial charge is 0.340 e. The molecule has 0 saturated carbocycles. The van der Waals surface area contributed by atoms with Crippen molar-refractivity contribution in [2.45, 2.75) is 6.54 Å². The molecule has 0 saturated heterocycles. The highest BCUT2D eigenvalue weighted by molar-refractivity contribution is 5.96. The van der Waals surface area contributed by atoms with Crippen molar-refractivity contribution in [3.8, 4) is 0 Å². The molecule has 1 aromatic heterocycles. The van der Waals surface area contributed by atoms with Gasteiger partial charge in [0.2, 0.25) is 0 Å². The molecule has 0 aliphatic rings. The molecule has 19 heavy (non-hydrogen) atoms. The summed E-state index contributed by atoms with van der Waals surface area (Å²) in [5.74, 6) is -0.421. The number of anilines is 2. The number of methoxy groups -OCH3 is 1. The van der Waals surface area contributed by atoms with Crippen LogP contribution < -0.4 is 11.1 Å². The number of nitrogens with one attached hydrogen (secondary N) is 1. The molecular weight excluding hydrogens is 244 g/mol. The lowest BCUT2D eigenvalue weighted by Gasteiger charge is -2.10. The second-order valence-electron chi connectivity index (χ2n) is 4.13. The van der Waals surface area contributed by atoms with Crippen LogP contribution in [-0.4, -0.2) is 22.9 Å². The van der Waals surface area contributed by atoms with Crippen LogP contribution >= 0.6 is 0 Å². The molecule has 6 nitrogen and oxygen atoms in total. The number of rotatable bonds is 4. The topological polar surface area (TPSA) is 82.2 Å². The number of carbonyl (C=O) groups is 1. The Bertz CT molecular complexity index is 592. The highest BCUT2D eigenvalue weighted by Crippen LogP contribution is 2.20. The molecule has 0 atom stereocenters. The predicted molar refractivity (Wildman–Crippen MR) is 72.7 cm³/mol. The van der Waals surface area contributed by atoms with Gasteiger partial charge in [0.05, 0.1) is 24.9 Å². The molecular formula is C13H16N4O2. The van der Waals surface area contributed by atoms with E-state index in [9.17, 15) is 4.79 Å². The zero-order valence-corrected chi connectivity index (χ0v) is 10.9. The van der Waals surface area contributed by atoms with E-state index >= 15 is 0 Å². The van der Waals surface area contributed by atoms with E-state index in [-0.39, 0.29) is 0 Å². The predicted octanol–water partition coefficient (Wildman–Crippen LogP) is 1.40. The number of aryl methyl sites for hydroxylation is 1. The monoisotopic (exact) mass is 260 g/mol. The number of nitrogens with two attached hydrogens (primary N) is 1. The molecule has 1 heterocycles. The third-order valence-corrected chi connectivity index (χ3v) is 2.68. The first-order chi connectivity index (χ1) is 9.10. The Hall–Kier alpha value is -2.50. The van der Waals surface area contributed by atoms with Crippen molar-refractivity contribution < 1.29 is 9.53 Å². The van der Waals surface area contributed by atoms with E-state index in [0.29, 0.717) is 23.5 Å². The van der Waals surface area contributed by atoms with Crippen molar-refractivity contribution in [3.05, 3.63) is 41.7 Å². The summed E-state index contributed by atoms with van der Waals surface area (Å²) in [5, 5.41) is 7.40. The fraction of sp³-hybridized carbons (Fsp3) is 0.231. The molecule has 2 rings (SSSR count). The molecule has 0 amide bonds. The number of carbonyl (C=O) groups excluding carboxylic acids is 1. The van der Waals surface area contributed by atoms with Crippen LogP contribution in [0.3, 0.4) is 0 Å². The molecule has 6 heteroatoms. The molecule has 0 radical (unpaired) electrons. The maximum absolute atomic E-state index is 11.7. The zero-order valence-electron chi connectivity index (χ0n) is 10.9. The lowest BCUT2D eigenvalue weighted by atomic mass is 10.1. The molecule has 0 unspecified atom stereocenters. The minimum atomic E-state index is -0.421. The van der Waals surface area contributed by atoms with Crippen molar-refractivity contribution in [2.75, 3.05) is 18.2 Å². The summed E-state index contributed by atoms with van der Waals surface area (Å²) in [5.41, 5.74) is 8.17. The number of ether oxygens (including phenoxy) is 1. The van der Waals surface area contributed by atoms with Gasteiger partial charge in [-0.05, 0) is 24.3 Å². The molecule has 100 valence electrons. The number of esters is 1. The minimum Gasteiger partial charge on any atom is -0.465 e. The molecule has 1 aromatic carbocycles. The SMILES string of the molecule is COC(=O)c1cc(N)ccc1NCc1ccn(C)n1. The summed E-state index contributed by atoms with van der Waals surface area (Å²) < 4.78 is 6.46. The second kappa shape index (κ2) is 5.43. The van der Waals surface area contributed by atoms with Crippen LogP contribution in [0, 0.1) is 0 Å². The van der Waals surface area contributed by atoms with Gasteiger partial charge in [0.1, 0.15) is 0 Å². The Morgan fingerprint density at radius 2 is 2.26 bits per heavy atom. The molecule has 0 fully saturated rings. The summed E-state index contributed by atoms with van der Waals surface area (Å²) in [4.78, 5) is 11.7. The Kier molecular flexibility index (Phi) is 3.70. The van der Waals surface area contributed by atoms with Gasteiger partial charge in [-0.3, -0.25) is 4.68 Å². The van der Waals surface area contributed by atoms with Crippen molar-refractivity contribution in [2.24, 2.45) is 7.05 Å². The Balaban J connectivity index is 2.17. The Morgan fingerprint density at radius 1 is 1.47 bits per heavy atom. The quantitative estimate of drug-likeness (QED) is 0.641. The van der Waals surface area contributed by atoms with Crippen molar-refractivity contribution in [1.29, 1.82) is 0 Å². The van der Waals surface area contributed by atoms with Gasteiger partial charge in [0.25, 0.3) is 0 Å². The van der Waals surface area contributed by atoms with E-state index in [0.717, 1.165) is 5.69 Å². The average Bonchev–Trinajstić information content (AvgIpc) is 2.82. The van der Waals surface area contributed by atoms with Gasteiger partial charge in [-0.25, -0.2) is 4.79 Å². The fourth-order valence-corrected chi connectivity index (χ4v) is 1.74. The molecule has 3 N–H and O–H groups in total. The Labute approximate surface area is 111 Å². The lowest BCUT2D eigenvalue weighted by molar-refractivity contribution is 0.0602. The summed E-state index contributed by atoms with van der Waals surface area (Å²) in [6, 6.07) is 6.98. The van der Waals surface area contributed by atoms with E-state index in [1.54, 1.807) is 22.9 Å². The van der Waals surface area contributed by atoms with Gasteiger partial charge in [-0.15, -0.1) is 0 Å². The summed E-state index contributed by atoms with van der Waals surface area (Å²) in [7, 11) is 3.20. The van der Waals surface area contributed by atoms with Crippen LogP contribution in [0.4, 0.5) is 11.4 Å². The van der Waals surface area contributed by atoms with E-state index in [4.69, 9.17) is 10.5 Å².